The van der Waals surface area contributed by atoms with Crippen LogP contribution in [-0.2, 0) is 11.2 Å². The molecule has 0 saturated heterocycles. The van der Waals surface area contributed by atoms with Gasteiger partial charge in [0.1, 0.15) is 0 Å². The van der Waals surface area contributed by atoms with Gasteiger partial charge in [0.2, 0.25) is 5.91 Å². The molecule has 3 atom stereocenters. The van der Waals surface area contributed by atoms with Crippen molar-refractivity contribution < 1.29 is 4.79 Å². The molecule has 1 heterocycles. The number of hydrogen-bond acceptors (Lipinski definition) is 2. The standard InChI is InChI=1S/C16H21NOS/c1-11-5-4-7-13(9-11)17-16(18)15-10-12-6-2-3-8-14(12)19-15/h2-3,6,8,11,13,15H,4-5,7,9-10H2,1H3,(H,17,18). The average molecular weight is 275 g/mol. The van der Waals surface area contributed by atoms with Crippen molar-refractivity contribution in [3.63, 3.8) is 0 Å². The molecule has 1 aliphatic carbocycles. The molecular weight excluding hydrogens is 254 g/mol. The molecule has 1 saturated carbocycles. The molecule has 102 valence electrons. The summed E-state index contributed by atoms with van der Waals surface area (Å²) >= 11 is 1.72. The lowest BCUT2D eigenvalue weighted by Crippen LogP contribution is -2.42. The van der Waals surface area contributed by atoms with Gasteiger partial charge in [0.15, 0.2) is 0 Å². The summed E-state index contributed by atoms with van der Waals surface area (Å²) < 4.78 is 0. The fraction of sp³-hybridized carbons (Fsp3) is 0.562. The summed E-state index contributed by atoms with van der Waals surface area (Å²) in [6.45, 7) is 2.29. The molecule has 2 nitrogen and oxygen atoms in total. The Labute approximate surface area is 119 Å². The number of benzene rings is 1. The van der Waals surface area contributed by atoms with Gasteiger partial charge in [0.05, 0.1) is 5.25 Å². The summed E-state index contributed by atoms with van der Waals surface area (Å²) in [6.07, 6.45) is 5.76. The van der Waals surface area contributed by atoms with Crippen molar-refractivity contribution in [1.82, 2.24) is 5.32 Å². The highest BCUT2D eigenvalue weighted by Gasteiger charge is 2.30. The first-order chi connectivity index (χ1) is 9.22. The van der Waals surface area contributed by atoms with Gasteiger partial charge in [-0.25, -0.2) is 0 Å². The van der Waals surface area contributed by atoms with E-state index in [-0.39, 0.29) is 11.2 Å². The molecule has 0 aromatic heterocycles. The minimum Gasteiger partial charge on any atom is -0.352 e. The van der Waals surface area contributed by atoms with Gasteiger partial charge in [-0.05, 0) is 36.8 Å². The van der Waals surface area contributed by atoms with E-state index in [9.17, 15) is 4.79 Å². The molecule has 2 aliphatic rings. The van der Waals surface area contributed by atoms with E-state index in [1.807, 2.05) is 0 Å². The van der Waals surface area contributed by atoms with E-state index >= 15 is 0 Å². The smallest absolute Gasteiger partial charge is 0.234 e. The molecule has 1 aromatic carbocycles. The Morgan fingerprint density at radius 3 is 2.95 bits per heavy atom. The van der Waals surface area contributed by atoms with E-state index in [1.54, 1.807) is 11.8 Å². The number of fused-ring (bicyclic) bond motifs is 1. The number of nitrogens with one attached hydrogen (secondary N) is 1. The van der Waals surface area contributed by atoms with Crippen LogP contribution in [-0.4, -0.2) is 17.2 Å². The van der Waals surface area contributed by atoms with E-state index in [1.165, 1.54) is 23.3 Å². The second-order valence-corrected chi connectivity index (χ2v) is 7.14. The zero-order chi connectivity index (χ0) is 13.2. The summed E-state index contributed by atoms with van der Waals surface area (Å²) in [4.78, 5) is 13.6. The van der Waals surface area contributed by atoms with Crippen LogP contribution in [0.1, 0.15) is 38.2 Å². The summed E-state index contributed by atoms with van der Waals surface area (Å²) in [5.41, 5.74) is 1.32. The number of carbonyl (C=O) groups is 1. The lowest BCUT2D eigenvalue weighted by atomic mass is 9.87. The first-order valence-corrected chi connectivity index (χ1v) is 8.15. The summed E-state index contributed by atoms with van der Waals surface area (Å²) in [6, 6.07) is 8.77. The Balaban J connectivity index is 1.58. The van der Waals surface area contributed by atoms with Crippen molar-refractivity contribution in [2.24, 2.45) is 5.92 Å². The zero-order valence-electron chi connectivity index (χ0n) is 11.4. The van der Waals surface area contributed by atoms with Crippen molar-refractivity contribution in [2.75, 3.05) is 0 Å². The SMILES string of the molecule is CC1CCCC(NC(=O)C2Cc3ccccc3S2)C1. The van der Waals surface area contributed by atoms with Crippen molar-refractivity contribution in [3.05, 3.63) is 29.8 Å². The Hall–Kier alpha value is -0.960. The minimum atomic E-state index is 0.0784. The molecule has 1 aromatic rings. The maximum absolute atomic E-state index is 12.4. The largest absolute Gasteiger partial charge is 0.352 e. The lowest BCUT2D eigenvalue weighted by molar-refractivity contribution is -0.121. The number of carbonyl (C=O) groups excluding carboxylic acids is 1. The van der Waals surface area contributed by atoms with Gasteiger partial charge in [-0.1, -0.05) is 38.0 Å². The van der Waals surface area contributed by atoms with Crippen LogP contribution >= 0.6 is 11.8 Å². The molecule has 1 fully saturated rings. The monoisotopic (exact) mass is 275 g/mol. The van der Waals surface area contributed by atoms with Crippen LogP contribution in [0.2, 0.25) is 0 Å². The van der Waals surface area contributed by atoms with E-state index < -0.39 is 0 Å². The molecule has 1 amide bonds. The molecule has 1 aliphatic heterocycles. The highest BCUT2D eigenvalue weighted by Crippen LogP contribution is 2.37. The summed E-state index contributed by atoms with van der Waals surface area (Å²) in [7, 11) is 0. The Morgan fingerprint density at radius 2 is 2.16 bits per heavy atom. The fourth-order valence-electron chi connectivity index (χ4n) is 3.19. The molecule has 3 rings (SSSR count). The second-order valence-electron chi connectivity index (χ2n) is 5.90. The van der Waals surface area contributed by atoms with Gasteiger partial charge in [-0.15, -0.1) is 11.8 Å². The van der Waals surface area contributed by atoms with E-state index in [4.69, 9.17) is 0 Å². The molecule has 0 bridgehead atoms. The van der Waals surface area contributed by atoms with Crippen molar-refractivity contribution in [3.8, 4) is 0 Å². The maximum atomic E-state index is 12.4. The van der Waals surface area contributed by atoms with Crippen LogP contribution < -0.4 is 5.32 Å². The fourth-order valence-corrected chi connectivity index (χ4v) is 4.39. The first-order valence-electron chi connectivity index (χ1n) is 7.27. The summed E-state index contributed by atoms with van der Waals surface area (Å²) in [5, 5.41) is 3.34. The number of amides is 1. The van der Waals surface area contributed by atoms with Crippen LogP contribution in [0.3, 0.4) is 0 Å². The van der Waals surface area contributed by atoms with E-state index in [2.05, 4.69) is 36.5 Å². The molecule has 1 N–H and O–H groups in total. The van der Waals surface area contributed by atoms with Crippen LogP contribution in [0.25, 0.3) is 0 Å². The summed E-state index contributed by atoms with van der Waals surface area (Å²) in [5.74, 6) is 0.993. The third-order valence-electron chi connectivity index (χ3n) is 4.22. The van der Waals surface area contributed by atoms with Gasteiger partial charge in [0, 0.05) is 10.9 Å². The average Bonchev–Trinajstić information content (AvgIpc) is 2.82. The minimum absolute atomic E-state index is 0.0784. The second kappa shape index (κ2) is 5.58. The zero-order valence-corrected chi connectivity index (χ0v) is 12.2. The Morgan fingerprint density at radius 1 is 1.32 bits per heavy atom. The van der Waals surface area contributed by atoms with Crippen LogP contribution in [0.4, 0.5) is 0 Å². The Kier molecular flexibility index (Phi) is 3.83. The third-order valence-corrected chi connectivity index (χ3v) is 5.54. The van der Waals surface area contributed by atoms with Crippen LogP contribution in [0.15, 0.2) is 29.2 Å². The number of hydrogen-bond donors (Lipinski definition) is 1. The Bertz CT molecular complexity index is 449. The van der Waals surface area contributed by atoms with E-state index in [0.717, 1.165) is 25.2 Å². The predicted molar refractivity (Wildman–Crippen MR) is 79.4 cm³/mol. The van der Waals surface area contributed by atoms with Crippen LogP contribution in [0.5, 0.6) is 0 Å². The molecule has 3 unspecified atom stereocenters. The van der Waals surface area contributed by atoms with Gasteiger partial charge in [-0.2, -0.15) is 0 Å². The van der Waals surface area contributed by atoms with Gasteiger partial charge < -0.3 is 5.32 Å². The van der Waals surface area contributed by atoms with E-state index in [0.29, 0.717) is 6.04 Å². The van der Waals surface area contributed by atoms with Crippen molar-refractivity contribution in [1.29, 1.82) is 0 Å². The topological polar surface area (TPSA) is 29.1 Å². The van der Waals surface area contributed by atoms with Gasteiger partial charge >= 0.3 is 0 Å². The number of thioether (sulfide) groups is 1. The molecular formula is C16H21NOS. The lowest BCUT2D eigenvalue weighted by Gasteiger charge is -2.28. The highest BCUT2D eigenvalue weighted by atomic mass is 32.2. The first kappa shape index (κ1) is 13.0. The molecule has 3 heteroatoms. The van der Waals surface area contributed by atoms with Gasteiger partial charge in [0.25, 0.3) is 0 Å². The third kappa shape index (κ3) is 2.97. The normalized spacial score (nSPS) is 29.8. The van der Waals surface area contributed by atoms with Crippen LogP contribution in [0, 0.1) is 5.92 Å². The van der Waals surface area contributed by atoms with Crippen molar-refractivity contribution >= 4 is 17.7 Å². The van der Waals surface area contributed by atoms with Crippen molar-refractivity contribution in [2.45, 2.75) is 55.2 Å². The predicted octanol–water partition coefficient (Wildman–Crippen LogP) is 3.40. The highest BCUT2D eigenvalue weighted by molar-refractivity contribution is 8.01. The molecule has 0 spiro atoms. The molecule has 0 radical (unpaired) electrons. The van der Waals surface area contributed by atoms with Gasteiger partial charge in [-0.3, -0.25) is 4.79 Å². The quantitative estimate of drug-likeness (QED) is 0.896. The number of rotatable bonds is 2. The molecule has 19 heavy (non-hydrogen) atoms. The maximum Gasteiger partial charge on any atom is 0.234 e.